The maximum Gasteiger partial charge on any atom is 0.337 e. The number of rotatable bonds is 5. The molecule has 7 nitrogen and oxygen atoms in total. The molecule has 1 aliphatic carbocycles. The zero-order chi connectivity index (χ0) is 23.3. The summed E-state index contributed by atoms with van der Waals surface area (Å²) in [6, 6.07) is 16.5. The maximum absolute atomic E-state index is 13.7. The SMILES string of the molecule is Bc1ccc(Nc2cc(=O)n(C)c3c2c(=O)n(C2CC2)c(=O)n3-c2ccccc2)c(CC)c1. The van der Waals surface area contributed by atoms with E-state index in [2.05, 4.69) is 18.3 Å². The number of para-hydroxylation sites is 1. The first-order chi connectivity index (χ1) is 15.9. The van der Waals surface area contributed by atoms with Crippen LogP contribution < -0.4 is 27.6 Å². The van der Waals surface area contributed by atoms with Crippen molar-refractivity contribution in [2.75, 3.05) is 5.32 Å². The second kappa shape index (κ2) is 7.96. The Bertz CT molecular complexity index is 1560. The van der Waals surface area contributed by atoms with Crippen molar-refractivity contribution in [2.24, 2.45) is 7.05 Å². The van der Waals surface area contributed by atoms with Gasteiger partial charge in [0.15, 0.2) is 0 Å². The fourth-order valence-corrected chi connectivity index (χ4v) is 4.41. The number of pyridine rings is 1. The second-order valence-corrected chi connectivity index (χ2v) is 8.65. The Morgan fingerprint density at radius 3 is 2.39 bits per heavy atom. The summed E-state index contributed by atoms with van der Waals surface area (Å²) in [4.78, 5) is 40.2. The molecule has 0 atom stereocenters. The molecule has 0 saturated heterocycles. The van der Waals surface area contributed by atoms with Gasteiger partial charge in [-0.25, -0.2) is 9.36 Å². The Morgan fingerprint density at radius 2 is 1.73 bits per heavy atom. The molecular formula is C25H25BN4O3. The van der Waals surface area contributed by atoms with Crippen molar-refractivity contribution in [1.82, 2.24) is 13.7 Å². The van der Waals surface area contributed by atoms with Crippen LogP contribution in [0, 0.1) is 0 Å². The molecule has 1 saturated carbocycles. The third-order valence-electron chi connectivity index (χ3n) is 6.29. The van der Waals surface area contributed by atoms with Crippen LogP contribution >= 0.6 is 0 Å². The summed E-state index contributed by atoms with van der Waals surface area (Å²) >= 11 is 0. The normalized spacial score (nSPS) is 13.4. The monoisotopic (exact) mass is 440 g/mol. The smallest absolute Gasteiger partial charge is 0.337 e. The van der Waals surface area contributed by atoms with Crippen molar-refractivity contribution in [1.29, 1.82) is 0 Å². The number of hydrogen-bond donors (Lipinski definition) is 1. The van der Waals surface area contributed by atoms with E-state index in [-0.39, 0.29) is 22.8 Å². The molecule has 2 heterocycles. The molecule has 2 aromatic carbocycles. The zero-order valence-corrected chi connectivity index (χ0v) is 19.0. The van der Waals surface area contributed by atoms with Crippen LogP contribution in [-0.4, -0.2) is 21.5 Å². The molecule has 33 heavy (non-hydrogen) atoms. The molecule has 2 aromatic heterocycles. The summed E-state index contributed by atoms with van der Waals surface area (Å²) in [6.07, 6.45) is 2.39. The Kier molecular flexibility index (Phi) is 5.08. The third-order valence-corrected chi connectivity index (χ3v) is 6.29. The summed E-state index contributed by atoms with van der Waals surface area (Å²) in [5, 5.41) is 3.67. The van der Waals surface area contributed by atoms with Gasteiger partial charge in [0.25, 0.3) is 11.1 Å². The van der Waals surface area contributed by atoms with Gasteiger partial charge in [-0.2, -0.15) is 0 Å². The number of benzene rings is 2. The highest BCUT2D eigenvalue weighted by molar-refractivity contribution is 6.32. The minimum atomic E-state index is -0.419. The Labute approximate surface area is 191 Å². The van der Waals surface area contributed by atoms with E-state index in [1.165, 1.54) is 19.8 Å². The van der Waals surface area contributed by atoms with Crippen molar-refractivity contribution in [2.45, 2.75) is 32.2 Å². The predicted molar refractivity (Wildman–Crippen MR) is 135 cm³/mol. The standard InChI is InChI=1S/C25H25BN4O3/c1-3-15-13-16(26)9-12-19(15)27-20-14-21(31)28(2)23-22(20)24(32)30(18-10-11-18)25(33)29(23)17-7-5-4-6-8-17/h4-9,12-14,18,27H,3,10-11,26H2,1-2H3. The lowest BCUT2D eigenvalue weighted by Crippen LogP contribution is -2.41. The highest BCUT2D eigenvalue weighted by Gasteiger charge is 2.30. The molecule has 0 amide bonds. The third kappa shape index (κ3) is 3.51. The van der Waals surface area contributed by atoms with E-state index < -0.39 is 5.69 Å². The molecule has 1 aliphatic rings. The quantitative estimate of drug-likeness (QED) is 0.480. The Morgan fingerprint density at radius 1 is 1.00 bits per heavy atom. The first-order valence-corrected chi connectivity index (χ1v) is 11.2. The first kappa shape index (κ1) is 21.1. The number of nitrogens with zero attached hydrogens (tertiary/aromatic N) is 3. The zero-order valence-electron chi connectivity index (χ0n) is 19.0. The number of anilines is 2. The van der Waals surface area contributed by atoms with Gasteiger partial charge in [-0.15, -0.1) is 0 Å². The van der Waals surface area contributed by atoms with Crippen LogP contribution in [0.3, 0.4) is 0 Å². The molecule has 1 fully saturated rings. The van der Waals surface area contributed by atoms with Crippen molar-refractivity contribution in [3.8, 4) is 5.69 Å². The number of aromatic nitrogens is 3. The highest BCUT2D eigenvalue weighted by Crippen LogP contribution is 2.33. The van der Waals surface area contributed by atoms with Gasteiger partial charge >= 0.3 is 5.69 Å². The Hall–Kier alpha value is -3.81. The highest BCUT2D eigenvalue weighted by atomic mass is 16.2. The molecular weight excluding hydrogens is 415 g/mol. The number of nitrogens with one attached hydrogen (secondary N) is 1. The predicted octanol–water partition coefficient (Wildman–Crippen LogP) is 1.75. The molecule has 0 unspecified atom stereocenters. The topological polar surface area (TPSA) is 78.0 Å². The summed E-state index contributed by atoms with van der Waals surface area (Å²) < 4.78 is 4.21. The van der Waals surface area contributed by atoms with Gasteiger partial charge in [0.2, 0.25) is 0 Å². The van der Waals surface area contributed by atoms with Crippen LogP contribution in [0.1, 0.15) is 31.4 Å². The fourth-order valence-electron chi connectivity index (χ4n) is 4.41. The van der Waals surface area contributed by atoms with Gasteiger partial charge in [-0.05, 0) is 43.0 Å². The lowest BCUT2D eigenvalue weighted by molar-refractivity contribution is 0.637. The van der Waals surface area contributed by atoms with Crippen LogP contribution in [0.2, 0.25) is 0 Å². The summed E-state index contributed by atoms with van der Waals surface area (Å²) in [7, 11) is 3.63. The van der Waals surface area contributed by atoms with Crippen LogP contribution in [0.4, 0.5) is 11.4 Å². The van der Waals surface area contributed by atoms with Gasteiger partial charge in [0, 0.05) is 24.8 Å². The average Bonchev–Trinajstić information content (AvgIpc) is 3.64. The summed E-state index contributed by atoms with van der Waals surface area (Å²) in [5.74, 6) is 0. The van der Waals surface area contributed by atoms with E-state index in [4.69, 9.17) is 0 Å². The van der Waals surface area contributed by atoms with Crippen LogP contribution in [0.5, 0.6) is 0 Å². The van der Waals surface area contributed by atoms with Gasteiger partial charge in [0.05, 0.1) is 11.4 Å². The lowest BCUT2D eigenvalue weighted by Gasteiger charge is -2.19. The van der Waals surface area contributed by atoms with Gasteiger partial charge in [-0.3, -0.25) is 18.7 Å². The van der Waals surface area contributed by atoms with Crippen LogP contribution in [0.25, 0.3) is 16.7 Å². The minimum absolute atomic E-state index is 0.111. The van der Waals surface area contributed by atoms with Gasteiger partial charge in [-0.1, -0.05) is 42.7 Å². The van der Waals surface area contributed by atoms with Crippen molar-refractivity contribution in [3.05, 3.63) is 91.4 Å². The first-order valence-electron chi connectivity index (χ1n) is 11.2. The molecule has 5 rings (SSSR count). The second-order valence-electron chi connectivity index (χ2n) is 8.65. The van der Waals surface area contributed by atoms with Gasteiger partial charge < -0.3 is 5.32 Å². The largest absolute Gasteiger partial charge is 0.354 e. The number of fused-ring (bicyclic) bond motifs is 1. The molecule has 0 aliphatic heterocycles. The fraction of sp³-hybridized carbons (Fsp3) is 0.240. The number of hydrogen-bond acceptors (Lipinski definition) is 4. The van der Waals surface area contributed by atoms with E-state index in [0.29, 0.717) is 16.8 Å². The lowest BCUT2D eigenvalue weighted by atomic mass is 9.93. The molecule has 4 aromatic rings. The van der Waals surface area contributed by atoms with E-state index in [1.807, 2.05) is 50.3 Å². The molecule has 166 valence electrons. The maximum atomic E-state index is 13.7. The van der Waals surface area contributed by atoms with Crippen molar-refractivity contribution in [3.63, 3.8) is 0 Å². The molecule has 0 radical (unpaired) electrons. The van der Waals surface area contributed by atoms with E-state index in [9.17, 15) is 14.4 Å². The molecule has 8 heteroatoms. The summed E-state index contributed by atoms with van der Waals surface area (Å²) in [5.41, 5.74) is 3.28. The van der Waals surface area contributed by atoms with Crippen LogP contribution in [0.15, 0.2) is 69.0 Å². The molecule has 0 bridgehead atoms. The minimum Gasteiger partial charge on any atom is -0.354 e. The van der Waals surface area contributed by atoms with Crippen molar-refractivity contribution < 1.29 is 0 Å². The molecule has 0 spiro atoms. The van der Waals surface area contributed by atoms with E-state index in [1.54, 1.807) is 7.05 Å². The van der Waals surface area contributed by atoms with E-state index >= 15 is 0 Å². The summed E-state index contributed by atoms with van der Waals surface area (Å²) in [6.45, 7) is 2.06. The Balaban J connectivity index is 1.89. The van der Waals surface area contributed by atoms with Crippen LogP contribution in [-0.2, 0) is 13.5 Å². The van der Waals surface area contributed by atoms with Gasteiger partial charge in [0.1, 0.15) is 18.9 Å². The average molecular weight is 440 g/mol. The number of aryl methyl sites for hydroxylation is 2. The van der Waals surface area contributed by atoms with Crippen molar-refractivity contribution >= 4 is 35.7 Å². The molecule has 1 N–H and O–H groups in total. The van der Waals surface area contributed by atoms with E-state index in [0.717, 1.165) is 36.0 Å².